The average Bonchev–Trinajstić information content (AvgIpc) is 2.68. The summed E-state index contributed by atoms with van der Waals surface area (Å²) in [6, 6.07) is 7.98. The number of esters is 1. The van der Waals surface area contributed by atoms with Crippen molar-refractivity contribution in [2.75, 3.05) is 26.2 Å². The van der Waals surface area contributed by atoms with Crippen molar-refractivity contribution in [1.29, 1.82) is 0 Å². The van der Waals surface area contributed by atoms with Crippen molar-refractivity contribution < 1.29 is 19.1 Å². The van der Waals surface area contributed by atoms with Crippen LogP contribution in [-0.4, -0.2) is 55.1 Å². The van der Waals surface area contributed by atoms with E-state index in [9.17, 15) is 14.4 Å². The average molecular weight is 400 g/mol. The van der Waals surface area contributed by atoms with Crippen molar-refractivity contribution in [1.82, 2.24) is 20.9 Å². The zero-order valence-electron chi connectivity index (χ0n) is 17.0. The smallest absolute Gasteiger partial charge is 0.338 e. The summed E-state index contributed by atoms with van der Waals surface area (Å²) in [5, 5.41) is 8.50. The summed E-state index contributed by atoms with van der Waals surface area (Å²) in [4.78, 5) is 39.7. The fraction of sp³-hybridized carbons (Fsp3) is 0.476. The number of hydrogen-bond acceptors (Lipinski definition) is 5. The Morgan fingerprint density at radius 2 is 1.97 bits per heavy atom. The van der Waals surface area contributed by atoms with Crippen molar-refractivity contribution in [3.8, 4) is 0 Å². The molecule has 29 heavy (non-hydrogen) atoms. The maximum Gasteiger partial charge on any atom is 0.338 e. The molecule has 8 heteroatoms. The molecule has 0 bridgehead atoms. The lowest BCUT2D eigenvalue weighted by Gasteiger charge is -2.39. The van der Waals surface area contributed by atoms with Gasteiger partial charge in [0, 0.05) is 25.3 Å². The molecule has 2 aliphatic heterocycles. The van der Waals surface area contributed by atoms with Crippen molar-refractivity contribution >= 4 is 17.9 Å². The van der Waals surface area contributed by atoms with Gasteiger partial charge in [0.2, 0.25) is 5.91 Å². The zero-order chi connectivity index (χ0) is 21.0. The van der Waals surface area contributed by atoms with E-state index in [-0.39, 0.29) is 37.0 Å². The van der Waals surface area contributed by atoms with Gasteiger partial charge in [-0.25, -0.2) is 9.59 Å². The molecule has 1 aromatic rings. The maximum absolute atomic E-state index is 12.9. The standard InChI is InChI=1S/C21H28N4O4/c1-4-29-20(27)16-15(12-25-11-10-22-19(26)18(25)13(2)3)23-21(28)24-17(16)14-8-6-5-7-9-14/h5-9,13,17-18H,4,10-12H2,1-3H3,(H,22,26)(H2,23,24,28). The van der Waals surface area contributed by atoms with Gasteiger partial charge < -0.3 is 20.7 Å². The Kier molecular flexibility index (Phi) is 6.53. The molecule has 0 radical (unpaired) electrons. The van der Waals surface area contributed by atoms with Gasteiger partial charge in [0.05, 0.1) is 24.3 Å². The lowest BCUT2D eigenvalue weighted by molar-refractivity contribution is -0.139. The number of rotatable bonds is 6. The molecule has 156 valence electrons. The quantitative estimate of drug-likeness (QED) is 0.626. The number of benzene rings is 1. The van der Waals surface area contributed by atoms with Gasteiger partial charge in [-0.1, -0.05) is 44.2 Å². The molecule has 0 saturated carbocycles. The molecule has 2 heterocycles. The van der Waals surface area contributed by atoms with Crippen LogP contribution < -0.4 is 16.0 Å². The van der Waals surface area contributed by atoms with Crippen molar-refractivity contribution in [3.63, 3.8) is 0 Å². The number of nitrogens with zero attached hydrogens (tertiary/aromatic N) is 1. The summed E-state index contributed by atoms with van der Waals surface area (Å²) < 4.78 is 5.30. The Hall–Kier alpha value is -2.87. The van der Waals surface area contributed by atoms with Crippen LogP contribution in [0, 0.1) is 5.92 Å². The van der Waals surface area contributed by atoms with E-state index in [1.165, 1.54) is 0 Å². The molecule has 8 nitrogen and oxygen atoms in total. The van der Waals surface area contributed by atoms with Gasteiger partial charge in [0.1, 0.15) is 0 Å². The van der Waals surface area contributed by atoms with Gasteiger partial charge in [0.25, 0.3) is 0 Å². The molecule has 1 aromatic carbocycles. The molecule has 2 atom stereocenters. The monoisotopic (exact) mass is 400 g/mol. The van der Waals surface area contributed by atoms with Crippen molar-refractivity contribution in [2.24, 2.45) is 5.92 Å². The molecule has 2 unspecified atom stereocenters. The normalized spacial score (nSPS) is 22.8. The minimum absolute atomic E-state index is 0.0376. The third-order valence-corrected chi connectivity index (χ3v) is 5.13. The number of urea groups is 1. The summed E-state index contributed by atoms with van der Waals surface area (Å²) in [5.41, 5.74) is 1.63. The molecule has 0 aliphatic carbocycles. The Bertz CT molecular complexity index is 806. The lowest BCUT2D eigenvalue weighted by atomic mass is 9.94. The molecule has 3 amide bonds. The Balaban J connectivity index is 2.01. The second-order valence-corrected chi connectivity index (χ2v) is 7.51. The SMILES string of the molecule is CCOC(=O)C1=C(CN2CCNC(=O)C2C(C)C)NC(=O)NC1c1ccccc1. The number of piperazine rings is 1. The highest BCUT2D eigenvalue weighted by Crippen LogP contribution is 2.29. The molecule has 1 saturated heterocycles. The van der Waals surface area contributed by atoms with Crippen LogP contribution in [0.5, 0.6) is 0 Å². The molecular weight excluding hydrogens is 372 g/mol. The van der Waals surface area contributed by atoms with Crippen LogP contribution in [0.2, 0.25) is 0 Å². The van der Waals surface area contributed by atoms with Crippen LogP contribution >= 0.6 is 0 Å². The van der Waals surface area contributed by atoms with E-state index >= 15 is 0 Å². The van der Waals surface area contributed by atoms with Gasteiger partial charge in [-0.3, -0.25) is 9.69 Å². The molecule has 0 aromatic heterocycles. The highest BCUT2D eigenvalue weighted by Gasteiger charge is 2.37. The lowest BCUT2D eigenvalue weighted by Crippen LogP contribution is -2.59. The van der Waals surface area contributed by atoms with E-state index in [0.29, 0.717) is 24.4 Å². The van der Waals surface area contributed by atoms with E-state index in [4.69, 9.17) is 4.74 Å². The largest absolute Gasteiger partial charge is 0.463 e. The predicted molar refractivity (Wildman–Crippen MR) is 108 cm³/mol. The molecule has 1 fully saturated rings. The summed E-state index contributed by atoms with van der Waals surface area (Å²) in [6.45, 7) is 7.38. The van der Waals surface area contributed by atoms with Gasteiger partial charge in [-0.05, 0) is 18.4 Å². The topological polar surface area (TPSA) is 99.8 Å². The fourth-order valence-electron chi connectivity index (χ4n) is 3.93. The Morgan fingerprint density at radius 1 is 1.24 bits per heavy atom. The van der Waals surface area contributed by atoms with Gasteiger partial charge in [-0.2, -0.15) is 0 Å². The van der Waals surface area contributed by atoms with E-state index in [1.807, 2.05) is 49.1 Å². The first-order valence-corrected chi connectivity index (χ1v) is 9.96. The van der Waals surface area contributed by atoms with E-state index in [2.05, 4.69) is 16.0 Å². The molecule has 0 spiro atoms. The van der Waals surface area contributed by atoms with Crippen LogP contribution in [0.15, 0.2) is 41.6 Å². The number of carbonyl (C=O) groups excluding carboxylic acids is 3. The minimum atomic E-state index is -0.616. The number of nitrogens with one attached hydrogen (secondary N) is 3. The number of carbonyl (C=O) groups is 3. The third-order valence-electron chi connectivity index (χ3n) is 5.13. The van der Waals surface area contributed by atoms with Crippen molar-refractivity contribution in [3.05, 3.63) is 47.2 Å². The maximum atomic E-state index is 12.9. The predicted octanol–water partition coefficient (Wildman–Crippen LogP) is 1.31. The first kappa shape index (κ1) is 20.9. The van der Waals surface area contributed by atoms with Gasteiger partial charge in [-0.15, -0.1) is 0 Å². The second-order valence-electron chi connectivity index (χ2n) is 7.51. The van der Waals surface area contributed by atoms with Crippen LogP contribution in [-0.2, 0) is 14.3 Å². The molecule has 3 rings (SSSR count). The number of amides is 3. The highest BCUT2D eigenvalue weighted by molar-refractivity contribution is 5.95. The molecule has 2 aliphatic rings. The van der Waals surface area contributed by atoms with Crippen LogP contribution in [0.25, 0.3) is 0 Å². The third kappa shape index (κ3) is 4.59. The first-order valence-electron chi connectivity index (χ1n) is 9.96. The molecular formula is C21H28N4O4. The second kappa shape index (κ2) is 9.09. The van der Waals surface area contributed by atoms with Gasteiger partial charge >= 0.3 is 12.0 Å². The van der Waals surface area contributed by atoms with Crippen LogP contribution in [0.1, 0.15) is 32.4 Å². The summed E-state index contributed by atoms with van der Waals surface area (Å²) in [6.07, 6.45) is 0. The summed E-state index contributed by atoms with van der Waals surface area (Å²) in [7, 11) is 0. The first-order chi connectivity index (χ1) is 13.9. The zero-order valence-corrected chi connectivity index (χ0v) is 17.0. The summed E-state index contributed by atoms with van der Waals surface area (Å²) in [5.74, 6) is -0.430. The van der Waals surface area contributed by atoms with Gasteiger partial charge in [0.15, 0.2) is 0 Å². The Labute approximate surface area is 170 Å². The van der Waals surface area contributed by atoms with Crippen LogP contribution in [0.4, 0.5) is 4.79 Å². The van der Waals surface area contributed by atoms with E-state index in [0.717, 1.165) is 5.56 Å². The van der Waals surface area contributed by atoms with E-state index < -0.39 is 12.0 Å². The summed E-state index contributed by atoms with van der Waals surface area (Å²) >= 11 is 0. The Morgan fingerprint density at radius 3 is 2.62 bits per heavy atom. The highest BCUT2D eigenvalue weighted by atomic mass is 16.5. The molecule has 3 N–H and O–H groups in total. The number of hydrogen-bond donors (Lipinski definition) is 3. The van der Waals surface area contributed by atoms with Crippen molar-refractivity contribution in [2.45, 2.75) is 32.9 Å². The fourth-order valence-corrected chi connectivity index (χ4v) is 3.93. The minimum Gasteiger partial charge on any atom is -0.463 e. The van der Waals surface area contributed by atoms with E-state index in [1.54, 1.807) is 6.92 Å². The van der Waals surface area contributed by atoms with Crippen LogP contribution in [0.3, 0.4) is 0 Å². The number of ether oxygens (including phenoxy) is 1.